The van der Waals surface area contributed by atoms with Crippen molar-refractivity contribution in [2.45, 2.75) is 30.4 Å². The Morgan fingerprint density at radius 2 is 1.75 bits per heavy atom. The number of hydrogen-bond donors (Lipinski definition) is 1. The van der Waals surface area contributed by atoms with Crippen molar-refractivity contribution in [2.24, 2.45) is 0 Å². The highest BCUT2D eigenvalue weighted by atomic mass is 35.5. The summed E-state index contributed by atoms with van der Waals surface area (Å²) in [7, 11) is 0. The minimum absolute atomic E-state index is 0.0197. The number of aryl methyl sites for hydroxylation is 1. The van der Waals surface area contributed by atoms with Crippen molar-refractivity contribution in [1.82, 2.24) is 5.32 Å². The number of benzene rings is 3. The van der Waals surface area contributed by atoms with Crippen LogP contribution < -0.4 is 15.0 Å². The van der Waals surface area contributed by atoms with Gasteiger partial charge in [0.1, 0.15) is 5.75 Å². The molecule has 0 aliphatic carbocycles. The monoisotopic (exact) mass is 466 g/mol. The Hall–Kier alpha value is -2.47. The van der Waals surface area contributed by atoms with Gasteiger partial charge in [-0.05, 0) is 79.7 Å². The molecule has 0 bridgehead atoms. The summed E-state index contributed by atoms with van der Waals surface area (Å²) in [6.45, 7) is 3.51. The molecule has 3 aromatic carbocycles. The molecule has 1 heterocycles. The Balaban J connectivity index is 1.42. The minimum Gasteiger partial charge on any atom is -0.478 e. The van der Waals surface area contributed by atoms with E-state index in [0.717, 1.165) is 24.2 Å². The van der Waals surface area contributed by atoms with Crippen LogP contribution in [-0.4, -0.2) is 37.4 Å². The van der Waals surface area contributed by atoms with Crippen LogP contribution in [0.2, 0.25) is 5.02 Å². The number of rotatable bonds is 9. The fraction of sp³-hybridized carbons (Fsp3) is 0.269. The number of halogens is 1. The van der Waals surface area contributed by atoms with Crippen LogP contribution in [0, 0.1) is 6.92 Å². The van der Waals surface area contributed by atoms with Crippen LogP contribution in [0.15, 0.2) is 77.7 Å². The van der Waals surface area contributed by atoms with Crippen molar-refractivity contribution in [1.29, 1.82) is 0 Å². The van der Waals surface area contributed by atoms with Gasteiger partial charge >= 0.3 is 0 Å². The molecule has 1 saturated heterocycles. The fourth-order valence-electron chi connectivity index (χ4n) is 3.91. The van der Waals surface area contributed by atoms with Crippen LogP contribution in [0.5, 0.6) is 5.75 Å². The third kappa shape index (κ3) is 5.12. The lowest BCUT2D eigenvalue weighted by Crippen LogP contribution is -2.70. The zero-order valence-corrected chi connectivity index (χ0v) is 19.8. The smallest absolute Gasteiger partial charge is 0.270 e. The topological polar surface area (TPSA) is 41.6 Å². The molecule has 0 spiro atoms. The number of anilines is 1. The van der Waals surface area contributed by atoms with Crippen molar-refractivity contribution in [3.8, 4) is 5.75 Å². The Bertz CT molecular complexity index is 1060. The van der Waals surface area contributed by atoms with Crippen molar-refractivity contribution in [2.75, 3.05) is 24.2 Å². The van der Waals surface area contributed by atoms with Crippen molar-refractivity contribution >= 4 is 35.0 Å². The van der Waals surface area contributed by atoms with Gasteiger partial charge in [-0.3, -0.25) is 4.79 Å². The molecule has 1 amide bonds. The molecule has 3 aromatic rings. The quantitative estimate of drug-likeness (QED) is 0.261. The number of carbonyl (C=O) groups is 1. The molecule has 1 aliphatic heterocycles. The Kier molecular flexibility index (Phi) is 7.40. The van der Waals surface area contributed by atoms with Crippen molar-refractivity contribution < 1.29 is 9.53 Å². The number of thioether (sulfide) groups is 1. The second kappa shape index (κ2) is 10.4. The van der Waals surface area contributed by atoms with E-state index in [0.29, 0.717) is 17.3 Å². The molecule has 6 heteroatoms. The second-order valence-corrected chi connectivity index (χ2v) is 9.17. The number of carbonyl (C=O) groups excluding carboxylic acids is 1. The van der Waals surface area contributed by atoms with Crippen LogP contribution in [0.1, 0.15) is 11.1 Å². The van der Waals surface area contributed by atoms with Gasteiger partial charge in [0.25, 0.3) is 5.91 Å². The second-order valence-electron chi connectivity index (χ2n) is 7.86. The lowest BCUT2D eigenvalue weighted by atomic mass is 9.95. The molecule has 1 N–H and O–H groups in total. The first-order chi connectivity index (χ1) is 15.6. The van der Waals surface area contributed by atoms with E-state index in [2.05, 4.69) is 35.8 Å². The fourth-order valence-corrected chi connectivity index (χ4v) is 4.45. The van der Waals surface area contributed by atoms with E-state index in [4.69, 9.17) is 16.3 Å². The molecule has 4 rings (SSSR count). The maximum absolute atomic E-state index is 13.1. The number of nitrogens with one attached hydrogen (secondary N) is 1. The average Bonchev–Trinajstić information content (AvgIpc) is 2.82. The van der Waals surface area contributed by atoms with Gasteiger partial charge < -0.3 is 15.0 Å². The van der Waals surface area contributed by atoms with E-state index in [9.17, 15) is 4.79 Å². The molecule has 32 heavy (non-hydrogen) atoms. The van der Waals surface area contributed by atoms with Gasteiger partial charge in [0.15, 0.2) is 6.10 Å². The lowest BCUT2D eigenvalue weighted by Gasteiger charge is -2.47. The standard InChI is InChI=1S/C26H27ClN2O2S/c1-18-5-3-4-6-23(18)29-24(17-28-16-15-19-7-13-22(32-2)14-8-19)25(26(29)30)31-21-11-9-20(27)10-12-21/h3-14,24-25,28H,15-17H2,1-2H3. The first-order valence-electron chi connectivity index (χ1n) is 10.7. The number of nitrogens with zero attached hydrogens (tertiary/aromatic N) is 1. The highest BCUT2D eigenvalue weighted by Crippen LogP contribution is 2.33. The van der Waals surface area contributed by atoms with Crippen LogP contribution in [0.3, 0.4) is 0 Å². The number of para-hydroxylation sites is 1. The number of amides is 1. The predicted molar refractivity (Wildman–Crippen MR) is 133 cm³/mol. The molecule has 166 valence electrons. The summed E-state index contributed by atoms with van der Waals surface area (Å²) in [5.74, 6) is 0.629. The van der Waals surface area contributed by atoms with Gasteiger partial charge in [-0.25, -0.2) is 0 Å². The van der Waals surface area contributed by atoms with E-state index >= 15 is 0 Å². The summed E-state index contributed by atoms with van der Waals surface area (Å²) in [4.78, 5) is 16.2. The molecule has 0 saturated carbocycles. The largest absolute Gasteiger partial charge is 0.478 e. The lowest BCUT2D eigenvalue weighted by molar-refractivity contribution is -0.134. The van der Waals surface area contributed by atoms with Crippen LogP contribution in [-0.2, 0) is 11.2 Å². The van der Waals surface area contributed by atoms with E-state index < -0.39 is 6.10 Å². The third-order valence-electron chi connectivity index (χ3n) is 5.72. The van der Waals surface area contributed by atoms with Crippen molar-refractivity contribution in [3.05, 3.63) is 88.9 Å². The average molecular weight is 467 g/mol. The number of hydrogen-bond acceptors (Lipinski definition) is 4. The zero-order chi connectivity index (χ0) is 22.5. The molecule has 2 atom stereocenters. The van der Waals surface area contributed by atoms with Crippen LogP contribution in [0.4, 0.5) is 5.69 Å². The molecule has 1 fully saturated rings. The zero-order valence-electron chi connectivity index (χ0n) is 18.3. The van der Waals surface area contributed by atoms with Crippen LogP contribution in [0.25, 0.3) is 0 Å². The van der Waals surface area contributed by atoms with Gasteiger partial charge in [-0.1, -0.05) is 41.9 Å². The highest BCUT2D eigenvalue weighted by Gasteiger charge is 2.50. The summed E-state index contributed by atoms with van der Waals surface area (Å²) in [5, 5.41) is 4.17. The van der Waals surface area contributed by atoms with Gasteiger partial charge in [0.2, 0.25) is 0 Å². The van der Waals surface area contributed by atoms with Gasteiger partial charge in [0, 0.05) is 22.2 Å². The molecular formula is C26H27ClN2O2S. The Morgan fingerprint density at radius 1 is 1.03 bits per heavy atom. The SMILES string of the molecule is CSc1ccc(CCNCC2C(Oc3ccc(Cl)cc3)C(=O)N2c2ccccc2C)cc1. The summed E-state index contributed by atoms with van der Waals surface area (Å²) in [6.07, 6.45) is 2.49. The summed E-state index contributed by atoms with van der Waals surface area (Å²) >= 11 is 7.73. The summed E-state index contributed by atoms with van der Waals surface area (Å²) in [6, 6.07) is 23.7. The maximum Gasteiger partial charge on any atom is 0.270 e. The van der Waals surface area contributed by atoms with Gasteiger partial charge in [0.05, 0.1) is 6.04 Å². The van der Waals surface area contributed by atoms with E-state index in [-0.39, 0.29) is 11.9 Å². The third-order valence-corrected chi connectivity index (χ3v) is 6.71. The first kappa shape index (κ1) is 22.7. The van der Waals surface area contributed by atoms with E-state index in [1.165, 1.54) is 10.5 Å². The maximum atomic E-state index is 13.1. The molecular weight excluding hydrogens is 440 g/mol. The van der Waals surface area contributed by atoms with Crippen LogP contribution >= 0.6 is 23.4 Å². The molecule has 1 aliphatic rings. The molecule has 4 nitrogen and oxygen atoms in total. The number of ether oxygens (including phenoxy) is 1. The Morgan fingerprint density at radius 3 is 2.44 bits per heavy atom. The van der Waals surface area contributed by atoms with Gasteiger partial charge in [-0.15, -0.1) is 11.8 Å². The number of β-lactam (4-membered cyclic amide) rings is 1. The van der Waals surface area contributed by atoms with E-state index in [1.807, 2.05) is 36.1 Å². The highest BCUT2D eigenvalue weighted by molar-refractivity contribution is 7.98. The summed E-state index contributed by atoms with van der Waals surface area (Å²) in [5.41, 5.74) is 3.31. The van der Waals surface area contributed by atoms with E-state index in [1.54, 1.807) is 36.0 Å². The molecule has 0 aromatic heterocycles. The normalized spacial score (nSPS) is 17.8. The molecule has 2 unspecified atom stereocenters. The van der Waals surface area contributed by atoms with Gasteiger partial charge in [-0.2, -0.15) is 0 Å². The molecule has 0 radical (unpaired) electrons. The minimum atomic E-state index is -0.524. The summed E-state index contributed by atoms with van der Waals surface area (Å²) < 4.78 is 6.07. The first-order valence-corrected chi connectivity index (χ1v) is 12.3. The predicted octanol–water partition coefficient (Wildman–Crippen LogP) is 5.37. The Labute approximate surface area is 198 Å². The van der Waals surface area contributed by atoms with Crippen molar-refractivity contribution in [3.63, 3.8) is 0 Å².